The molecule has 1 saturated heterocycles. The van der Waals surface area contributed by atoms with Crippen LogP contribution in [0.1, 0.15) is 25.3 Å². The molecule has 0 bridgehead atoms. The topological polar surface area (TPSA) is 82.7 Å². The zero-order valence-electron chi connectivity index (χ0n) is 16.1. The summed E-state index contributed by atoms with van der Waals surface area (Å²) in [6.45, 7) is 3.02. The van der Waals surface area contributed by atoms with Crippen LogP contribution in [0, 0.1) is 0 Å². The summed E-state index contributed by atoms with van der Waals surface area (Å²) in [5.74, 6) is 0.374. The molecule has 2 rings (SSSR count). The van der Waals surface area contributed by atoms with Crippen molar-refractivity contribution in [2.75, 3.05) is 27.2 Å². The highest BCUT2D eigenvalue weighted by Crippen LogP contribution is 2.14. The van der Waals surface area contributed by atoms with Crippen LogP contribution in [-0.4, -0.2) is 61.2 Å². The van der Waals surface area contributed by atoms with E-state index in [1.807, 2.05) is 31.3 Å². The molecule has 27 heavy (non-hydrogen) atoms. The van der Waals surface area contributed by atoms with Crippen molar-refractivity contribution < 1.29 is 14.3 Å². The normalized spacial score (nSPS) is 15.6. The number of likely N-dealkylation sites (tertiary alicyclic amines) is 1. The van der Waals surface area contributed by atoms with Gasteiger partial charge in [0.2, 0.25) is 11.8 Å². The van der Waals surface area contributed by atoms with Gasteiger partial charge in [-0.25, -0.2) is 0 Å². The molecule has 8 heteroatoms. The van der Waals surface area contributed by atoms with Crippen molar-refractivity contribution in [1.29, 1.82) is 0 Å². The van der Waals surface area contributed by atoms with E-state index in [1.54, 1.807) is 7.11 Å². The minimum atomic E-state index is -0.604. The molecule has 0 unspecified atom stereocenters. The van der Waals surface area contributed by atoms with Crippen LogP contribution in [0.25, 0.3) is 0 Å². The van der Waals surface area contributed by atoms with Crippen molar-refractivity contribution >= 4 is 29.1 Å². The second kappa shape index (κ2) is 10.1. The highest BCUT2D eigenvalue weighted by atomic mass is 32.1. The predicted molar refractivity (Wildman–Crippen MR) is 109 cm³/mol. The van der Waals surface area contributed by atoms with Crippen molar-refractivity contribution in [1.82, 2.24) is 20.9 Å². The Hall–Kier alpha value is -2.35. The smallest absolute Gasteiger partial charge is 0.243 e. The molecule has 0 saturated carbocycles. The van der Waals surface area contributed by atoms with E-state index in [9.17, 15) is 9.59 Å². The van der Waals surface area contributed by atoms with Crippen LogP contribution < -0.4 is 20.7 Å². The molecule has 148 valence electrons. The Bertz CT molecular complexity index is 657. The molecule has 1 aromatic rings. The van der Waals surface area contributed by atoms with E-state index in [2.05, 4.69) is 20.9 Å². The van der Waals surface area contributed by atoms with Gasteiger partial charge in [-0.05, 0) is 42.8 Å². The fraction of sp³-hybridized carbons (Fsp3) is 0.526. The number of ether oxygens (including phenoxy) is 1. The third-order valence-corrected chi connectivity index (χ3v) is 5.10. The first-order valence-corrected chi connectivity index (χ1v) is 9.50. The first-order chi connectivity index (χ1) is 12.9. The number of amides is 2. The van der Waals surface area contributed by atoms with Gasteiger partial charge >= 0.3 is 0 Å². The number of rotatable bonds is 6. The number of methoxy groups -OCH3 is 1. The summed E-state index contributed by atoms with van der Waals surface area (Å²) in [5, 5.41) is 9.55. The van der Waals surface area contributed by atoms with Crippen LogP contribution in [0.4, 0.5) is 0 Å². The largest absolute Gasteiger partial charge is 0.497 e. The third-order valence-electron chi connectivity index (χ3n) is 4.64. The van der Waals surface area contributed by atoms with Crippen LogP contribution in [0.2, 0.25) is 0 Å². The lowest BCUT2D eigenvalue weighted by molar-refractivity contribution is -0.128. The Labute approximate surface area is 165 Å². The summed E-state index contributed by atoms with van der Waals surface area (Å²) in [7, 11) is 3.42. The molecule has 0 aliphatic carbocycles. The van der Waals surface area contributed by atoms with Crippen LogP contribution in [0.3, 0.4) is 0 Å². The van der Waals surface area contributed by atoms with Crippen molar-refractivity contribution in [3.8, 4) is 5.75 Å². The van der Waals surface area contributed by atoms with E-state index in [-0.39, 0.29) is 17.9 Å². The molecular weight excluding hydrogens is 364 g/mol. The lowest BCUT2D eigenvalue weighted by atomic mass is 10.0. The molecule has 1 aliphatic rings. The zero-order valence-corrected chi connectivity index (χ0v) is 16.9. The predicted octanol–water partition coefficient (Wildman–Crippen LogP) is 0.827. The number of piperidine rings is 1. The Morgan fingerprint density at radius 1 is 1.26 bits per heavy atom. The number of hydrogen-bond donors (Lipinski definition) is 3. The van der Waals surface area contributed by atoms with E-state index in [0.29, 0.717) is 6.42 Å². The molecule has 1 fully saturated rings. The van der Waals surface area contributed by atoms with Crippen LogP contribution >= 0.6 is 12.2 Å². The van der Waals surface area contributed by atoms with Crippen molar-refractivity contribution in [3.63, 3.8) is 0 Å². The summed E-state index contributed by atoms with van der Waals surface area (Å²) < 4.78 is 5.15. The number of nitrogens with one attached hydrogen (secondary N) is 3. The molecule has 0 spiro atoms. The number of carbonyl (C=O) groups is 2. The van der Waals surface area contributed by atoms with Crippen LogP contribution in [-0.2, 0) is 16.0 Å². The third kappa shape index (κ3) is 6.39. The van der Waals surface area contributed by atoms with Crippen molar-refractivity contribution in [2.24, 2.45) is 0 Å². The van der Waals surface area contributed by atoms with Crippen LogP contribution in [0.15, 0.2) is 24.3 Å². The van der Waals surface area contributed by atoms with E-state index in [1.165, 1.54) is 6.92 Å². The van der Waals surface area contributed by atoms with Gasteiger partial charge < -0.3 is 25.6 Å². The van der Waals surface area contributed by atoms with Gasteiger partial charge in [0.15, 0.2) is 5.11 Å². The van der Waals surface area contributed by atoms with E-state index in [0.717, 1.165) is 42.4 Å². The van der Waals surface area contributed by atoms with Crippen molar-refractivity contribution in [2.45, 2.75) is 38.3 Å². The van der Waals surface area contributed by atoms with Gasteiger partial charge in [-0.2, -0.15) is 0 Å². The average molecular weight is 393 g/mol. The van der Waals surface area contributed by atoms with Gasteiger partial charge in [0, 0.05) is 39.5 Å². The Kier molecular flexibility index (Phi) is 7.84. The number of thiocarbonyl (C=S) groups is 1. The minimum Gasteiger partial charge on any atom is -0.497 e. The summed E-state index contributed by atoms with van der Waals surface area (Å²) in [6, 6.07) is 6.97. The van der Waals surface area contributed by atoms with Gasteiger partial charge in [0.05, 0.1) is 7.11 Å². The molecule has 2 amide bonds. The maximum atomic E-state index is 12.7. The van der Waals surface area contributed by atoms with Gasteiger partial charge in [-0.15, -0.1) is 0 Å². The van der Waals surface area contributed by atoms with E-state index < -0.39 is 6.04 Å². The van der Waals surface area contributed by atoms with Gasteiger partial charge in [-0.3, -0.25) is 9.59 Å². The monoisotopic (exact) mass is 392 g/mol. The summed E-state index contributed by atoms with van der Waals surface area (Å²) in [6.07, 6.45) is 2.07. The second-order valence-corrected chi connectivity index (χ2v) is 7.02. The molecule has 1 aliphatic heterocycles. The molecule has 0 aromatic heterocycles. The van der Waals surface area contributed by atoms with Gasteiger partial charge in [-0.1, -0.05) is 12.1 Å². The quantitative estimate of drug-likeness (QED) is 0.622. The Morgan fingerprint density at radius 2 is 1.89 bits per heavy atom. The Morgan fingerprint density at radius 3 is 2.41 bits per heavy atom. The first kappa shape index (κ1) is 21.0. The maximum Gasteiger partial charge on any atom is 0.243 e. The van der Waals surface area contributed by atoms with Gasteiger partial charge in [0.25, 0.3) is 0 Å². The standard InChI is InChI=1S/C19H28N4O3S/c1-13(24)21-17(12-14-4-6-16(26-3)7-5-14)18(25)22-15-8-10-23(11-9-15)19(27)20-2/h4-7,15,17H,8-12H2,1-3H3,(H,20,27)(H,21,24)(H,22,25)/t17-/m0/s1. The highest BCUT2D eigenvalue weighted by Gasteiger charge is 2.26. The fourth-order valence-electron chi connectivity index (χ4n) is 3.14. The molecule has 1 atom stereocenters. The van der Waals surface area contributed by atoms with Crippen LogP contribution in [0.5, 0.6) is 5.75 Å². The molecule has 7 nitrogen and oxygen atoms in total. The van der Waals surface area contributed by atoms with E-state index in [4.69, 9.17) is 17.0 Å². The second-order valence-electron chi connectivity index (χ2n) is 6.63. The number of hydrogen-bond acceptors (Lipinski definition) is 4. The molecular formula is C19H28N4O3S. The maximum absolute atomic E-state index is 12.7. The summed E-state index contributed by atoms with van der Waals surface area (Å²) >= 11 is 5.25. The lowest BCUT2D eigenvalue weighted by Gasteiger charge is -2.34. The molecule has 1 heterocycles. The number of benzene rings is 1. The lowest BCUT2D eigenvalue weighted by Crippen LogP contribution is -2.53. The molecule has 0 radical (unpaired) electrons. The minimum absolute atomic E-state index is 0.0838. The zero-order chi connectivity index (χ0) is 19.8. The first-order valence-electron chi connectivity index (χ1n) is 9.10. The summed E-state index contributed by atoms with van der Waals surface area (Å²) in [5.41, 5.74) is 0.957. The van der Waals surface area contributed by atoms with E-state index >= 15 is 0 Å². The molecule has 1 aromatic carbocycles. The highest BCUT2D eigenvalue weighted by molar-refractivity contribution is 7.80. The average Bonchev–Trinajstić information content (AvgIpc) is 2.67. The number of carbonyl (C=O) groups excluding carboxylic acids is 2. The molecule has 3 N–H and O–H groups in total. The van der Waals surface area contributed by atoms with Gasteiger partial charge in [0.1, 0.15) is 11.8 Å². The SMILES string of the molecule is CNC(=S)N1CCC(NC(=O)[C@H](Cc2ccc(OC)cc2)NC(C)=O)CC1. The summed E-state index contributed by atoms with van der Waals surface area (Å²) in [4.78, 5) is 26.4. The fourth-order valence-corrected chi connectivity index (χ4v) is 3.32. The number of nitrogens with zero attached hydrogens (tertiary/aromatic N) is 1. The Balaban J connectivity index is 1.94. The van der Waals surface area contributed by atoms with Crippen molar-refractivity contribution in [3.05, 3.63) is 29.8 Å².